The number of ether oxygens (including phenoxy) is 2. The first kappa shape index (κ1) is 22.0. The van der Waals surface area contributed by atoms with Crippen LogP contribution in [-0.2, 0) is 11.3 Å². The Labute approximate surface area is 180 Å². The van der Waals surface area contributed by atoms with Crippen LogP contribution in [0, 0.1) is 12.8 Å². The summed E-state index contributed by atoms with van der Waals surface area (Å²) < 4.78 is 11.6. The van der Waals surface area contributed by atoms with E-state index in [1.165, 1.54) is 11.3 Å². The third-order valence-electron chi connectivity index (χ3n) is 5.33. The van der Waals surface area contributed by atoms with E-state index < -0.39 is 0 Å². The molecule has 1 saturated heterocycles. The third kappa shape index (κ3) is 6.66. The van der Waals surface area contributed by atoms with Crippen LogP contribution in [0.5, 0.6) is 5.75 Å². The van der Waals surface area contributed by atoms with E-state index in [-0.39, 0.29) is 0 Å². The Morgan fingerprint density at radius 1 is 1.20 bits per heavy atom. The monoisotopic (exact) mass is 410 g/mol. The number of benzene rings is 2. The van der Waals surface area contributed by atoms with Gasteiger partial charge < -0.3 is 25.0 Å². The number of para-hydroxylation sites is 1. The maximum atomic E-state index is 6.14. The lowest BCUT2D eigenvalue weighted by atomic mass is 10.1. The van der Waals surface area contributed by atoms with Crippen LogP contribution in [0.1, 0.15) is 17.5 Å². The van der Waals surface area contributed by atoms with E-state index in [0.717, 1.165) is 50.0 Å². The van der Waals surface area contributed by atoms with Gasteiger partial charge in [0.25, 0.3) is 0 Å². The van der Waals surface area contributed by atoms with Crippen LogP contribution in [0.25, 0.3) is 0 Å². The van der Waals surface area contributed by atoms with Gasteiger partial charge in [0.15, 0.2) is 5.96 Å². The molecule has 2 aromatic rings. The lowest BCUT2D eigenvalue weighted by molar-refractivity contribution is 0.166. The summed E-state index contributed by atoms with van der Waals surface area (Å²) in [5.41, 5.74) is 3.53. The maximum absolute atomic E-state index is 6.14. The number of nitrogens with one attached hydrogen (secondary N) is 2. The highest BCUT2D eigenvalue weighted by Crippen LogP contribution is 2.22. The number of nitrogens with zero attached hydrogens (tertiary/aromatic N) is 2. The molecule has 1 fully saturated rings. The molecule has 1 aliphatic rings. The molecule has 1 heterocycles. The third-order valence-corrected chi connectivity index (χ3v) is 5.33. The summed E-state index contributed by atoms with van der Waals surface area (Å²) in [6.07, 6.45) is 1.08. The molecule has 0 amide bonds. The minimum atomic E-state index is 0.488. The number of anilines is 1. The van der Waals surface area contributed by atoms with Crippen molar-refractivity contribution in [2.24, 2.45) is 10.9 Å². The summed E-state index contributed by atoms with van der Waals surface area (Å²) in [6.45, 7) is 6.77. The van der Waals surface area contributed by atoms with Gasteiger partial charge in [-0.05, 0) is 37.1 Å². The van der Waals surface area contributed by atoms with Crippen molar-refractivity contribution in [1.29, 1.82) is 0 Å². The summed E-state index contributed by atoms with van der Waals surface area (Å²) in [4.78, 5) is 6.57. The van der Waals surface area contributed by atoms with Gasteiger partial charge in [0.05, 0.1) is 13.2 Å². The normalized spacial score (nSPS) is 16.4. The smallest absolute Gasteiger partial charge is 0.191 e. The Morgan fingerprint density at radius 3 is 2.77 bits per heavy atom. The molecule has 0 radical (unpaired) electrons. The molecule has 30 heavy (non-hydrogen) atoms. The number of hydrogen-bond donors (Lipinski definition) is 2. The van der Waals surface area contributed by atoms with Crippen molar-refractivity contribution in [3.63, 3.8) is 0 Å². The van der Waals surface area contributed by atoms with Crippen molar-refractivity contribution in [3.8, 4) is 5.75 Å². The predicted octanol–water partition coefficient (Wildman–Crippen LogP) is 3.21. The highest BCUT2D eigenvalue weighted by Gasteiger charge is 2.17. The zero-order valence-corrected chi connectivity index (χ0v) is 18.4. The molecule has 1 unspecified atom stereocenters. The van der Waals surface area contributed by atoms with Gasteiger partial charge in [-0.25, -0.2) is 0 Å². The fraction of sp³-hybridized carbons (Fsp3) is 0.458. The molecular formula is C24H34N4O2. The molecule has 1 aliphatic heterocycles. The standard InChI is InChI=1S/C24H34N4O2/c1-19-9-10-21(23(15-19)30-18-20-11-14-29-17-20)16-27-24(25-2)26-12-13-28(3)22-7-5-4-6-8-22/h4-10,15,20H,11-14,16-18H2,1-3H3,(H2,25,26,27). The summed E-state index contributed by atoms with van der Waals surface area (Å²) in [5, 5.41) is 6.79. The SMILES string of the molecule is CN=C(NCCN(C)c1ccccc1)NCc1ccc(C)cc1OCC1CCOC1. The van der Waals surface area contributed by atoms with Gasteiger partial charge in [0, 0.05) is 57.5 Å². The Kier molecular flexibility index (Phi) is 8.39. The van der Waals surface area contributed by atoms with Crippen molar-refractivity contribution < 1.29 is 9.47 Å². The molecular weight excluding hydrogens is 376 g/mol. The van der Waals surface area contributed by atoms with Gasteiger partial charge in [-0.15, -0.1) is 0 Å². The summed E-state index contributed by atoms with van der Waals surface area (Å²) in [6, 6.07) is 16.7. The zero-order chi connectivity index (χ0) is 21.2. The second kappa shape index (κ2) is 11.5. The fourth-order valence-corrected chi connectivity index (χ4v) is 3.42. The van der Waals surface area contributed by atoms with E-state index in [4.69, 9.17) is 9.47 Å². The molecule has 6 nitrogen and oxygen atoms in total. The van der Waals surface area contributed by atoms with Crippen LogP contribution in [0.4, 0.5) is 5.69 Å². The first-order chi connectivity index (χ1) is 14.7. The number of aryl methyl sites for hydroxylation is 1. The maximum Gasteiger partial charge on any atom is 0.191 e. The Morgan fingerprint density at radius 2 is 2.03 bits per heavy atom. The minimum absolute atomic E-state index is 0.488. The van der Waals surface area contributed by atoms with Crippen molar-refractivity contribution in [2.45, 2.75) is 19.9 Å². The molecule has 0 aliphatic carbocycles. The van der Waals surface area contributed by atoms with Gasteiger partial charge in [0.2, 0.25) is 0 Å². The van der Waals surface area contributed by atoms with Crippen LogP contribution in [-0.4, -0.2) is 53.0 Å². The van der Waals surface area contributed by atoms with E-state index >= 15 is 0 Å². The molecule has 2 aromatic carbocycles. The van der Waals surface area contributed by atoms with Crippen LogP contribution in [0.2, 0.25) is 0 Å². The van der Waals surface area contributed by atoms with Crippen molar-refractivity contribution in [3.05, 3.63) is 59.7 Å². The molecule has 3 rings (SSSR count). The average molecular weight is 411 g/mol. The van der Waals surface area contributed by atoms with Gasteiger partial charge in [-0.3, -0.25) is 4.99 Å². The largest absolute Gasteiger partial charge is 0.493 e. The number of likely N-dealkylation sites (N-methyl/N-ethyl adjacent to an activating group) is 1. The molecule has 0 spiro atoms. The molecule has 0 aromatic heterocycles. The Hall–Kier alpha value is -2.73. The van der Waals surface area contributed by atoms with E-state index in [9.17, 15) is 0 Å². The Balaban J connectivity index is 1.48. The minimum Gasteiger partial charge on any atom is -0.493 e. The highest BCUT2D eigenvalue weighted by molar-refractivity contribution is 5.79. The number of rotatable bonds is 9. The second-order valence-corrected chi connectivity index (χ2v) is 7.76. The quantitative estimate of drug-likeness (QED) is 0.491. The van der Waals surface area contributed by atoms with E-state index in [0.29, 0.717) is 19.1 Å². The van der Waals surface area contributed by atoms with Crippen LogP contribution in [0.15, 0.2) is 53.5 Å². The fourth-order valence-electron chi connectivity index (χ4n) is 3.42. The lowest BCUT2D eigenvalue weighted by Crippen LogP contribution is -2.40. The summed E-state index contributed by atoms with van der Waals surface area (Å²) in [5.74, 6) is 2.21. The van der Waals surface area contributed by atoms with Gasteiger partial charge in [0.1, 0.15) is 5.75 Å². The summed E-state index contributed by atoms with van der Waals surface area (Å²) >= 11 is 0. The zero-order valence-electron chi connectivity index (χ0n) is 18.4. The lowest BCUT2D eigenvalue weighted by Gasteiger charge is -2.21. The first-order valence-electron chi connectivity index (χ1n) is 10.7. The number of aliphatic imine (C=N–C) groups is 1. The molecule has 0 saturated carbocycles. The van der Waals surface area contributed by atoms with E-state index in [2.05, 4.69) is 77.0 Å². The molecule has 6 heteroatoms. The molecule has 2 N–H and O–H groups in total. The van der Waals surface area contributed by atoms with Crippen LogP contribution >= 0.6 is 0 Å². The molecule has 162 valence electrons. The van der Waals surface area contributed by atoms with Crippen molar-refractivity contribution in [1.82, 2.24) is 10.6 Å². The van der Waals surface area contributed by atoms with E-state index in [1.54, 1.807) is 7.05 Å². The summed E-state index contributed by atoms with van der Waals surface area (Å²) in [7, 11) is 3.89. The first-order valence-corrected chi connectivity index (χ1v) is 10.7. The van der Waals surface area contributed by atoms with Crippen molar-refractivity contribution in [2.75, 3.05) is 51.9 Å². The van der Waals surface area contributed by atoms with Gasteiger partial charge in [-0.1, -0.05) is 30.3 Å². The number of guanidine groups is 1. The van der Waals surface area contributed by atoms with Gasteiger partial charge in [-0.2, -0.15) is 0 Å². The van der Waals surface area contributed by atoms with Crippen LogP contribution in [0.3, 0.4) is 0 Å². The average Bonchev–Trinajstić information content (AvgIpc) is 3.29. The van der Waals surface area contributed by atoms with Crippen LogP contribution < -0.4 is 20.3 Å². The molecule has 1 atom stereocenters. The number of hydrogen-bond acceptors (Lipinski definition) is 4. The Bertz CT molecular complexity index is 804. The second-order valence-electron chi connectivity index (χ2n) is 7.76. The topological polar surface area (TPSA) is 58.1 Å². The van der Waals surface area contributed by atoms with Crippen molar-refractivity contribution >= 4 is 11.6 Å². The van der Waals surface area contributed by atoms with Gasteiger partial charge >= 0.3 is 0 Å². The van der Waals surface area contributed by atoms with E-state index in [1.807, 2.05) is 6.07 Å². The predicted molar refractivity (Wildman–Crippen MR) is 124 cm³/mol. The highest BCUT2D eigenvalue weighted by atomic mass is 16.5. The molecule has 0 bridgehead atoms.